The molecule has 0 saturated carbocycles. The highest BCUT2D eigenvalue weighted by molar-refractivity contribution is 7.99. The summed E-state index contributed by atoms with van der Waals surface area (Å²) in [6.07, 6.45) is -0.436. The maximum atomic E-state index is 9.44. The lowest BCUT2D eigenvalue weighted by Crippen LogP contribution is -2.19. The molecule has 0 bridgehead atoms. The van der Waals surface area contributed by atoms with Crippen LogP contribution in [-0.4, -0.2) is 45.5 Å². The fourth-order valence-corrected chi connectivity index (χ4v) is 1.73. The molecule has 1 aromatic rings. The molecule has 96 valence electrons. The van der Waals surface area contributed by atoms with Crippen molar-refractivity contribution in [3.63, 3.8) is 0 Å². The van der Waals surface area contributed by atoms with Crippen molar-refractivity contribution in [1.29, 1.82) is 0 Å². The quantitative estimate of drug-likeness (QED) is 0.388. The van der Waals surface area contributed by atoms with E-state index < -0.39 is 6.10 Å². The van der Waals surface area contributed by atoms with E-state index in [-0.39, 0.29) is 5.25 Å². The first-order valence-corrected chi connectivity index (χ1v) is 6.06. The Balaban J connectivity index is 2.94. The first-order chi connectivity index (χ1) is 7.93. The number of nitrogens with zero attached hydrogens (tertiary/aromatic N) is 4. The molecule has 0 amide bonds. The molecule has 1 heterocycles. The molecule has 2 atom stereocenters. The third-order valence-corrected chi connectivity index (χ3v) is 3.26. The third-order valence-electron chi connectivity index (χ3n) is 2.10. The van der Waals surface area contributed by atoms with E-state index >= 15 is 0 Å². The molecule has 0 aliphatic rings. The topological polar surface area (TPSA) is 100 Å². The maximum Gasteiger partial charge on any atom is 0.242 e. The van der Waals surface area contributed by atoms with Crippen molar-refractivity contribution in [1.82, 2.24) is 15.0 Å². The molecule has 8 heteroatoms. The summed E-state index contributed by atoms with van der Waals surface area (Å²) in [7, 11) is 3.67. The minimum Gasteiger partial charge on any atom is -0.392 e. The highest BCUT2D eigenvalue weighted by Crippen LogP contribution is 2.23. The summed E-state index contributed by atoms with van der Waals surface area (Å²) in [5.74, 6) is 6.13. The van der Waals surface area contributed by atoms with Gasteiger partial charge >= 0.3 is 0 Å². The Morgan fingerprint density at radius 1 is 1.29 bits per heavy atom. The number of nitrogen functional groups attached to an aromatic ring is 1. The SMILES string of the molecule is CC(O)C(C)Sc1nc(NN)nc(N(C)C)n1. The fraction of sp³-hybridized carbons (Fsp3) is 0.667. The van der Waals surface area contributed by atoms with Crippen LogP contribution in [0, 0.1) is 0 Å². The van der Waals surface area contributed by atoms with Crippen LogP contribution >= 0.6 is 11.8 Å². The standard InChI is InChI=1S/C9H18N6OS/c1-5(16)6(2)17-9-12-7(14-10)11-8(13-9)15(3)4/h5-6,16H,10H2,1-4H3,(H,11,12,13,14). The number of nitrogens with one attached hydrogen (secondary N) is 1. The summed E-state index contributed by atoms with van der Waals surface area (Å²) in [4.78, 5) is 14.2. The summed E-state index contributed by atoms with van der Waals surface area (Å²) in [5.41, 5.74) is 2.40. The van der Waals surface area contributed by atoms with Crippen molar-refractivity contribution >= 4 is 23.7 Å². The van der Waals surface area contributed by atoms with Crippen LogP contribution in [0.1, 0.15) is 13.8 Å². The van der Waals surface area contributed by atoms with Crippen molar-refractivity contribution in [2.45, 2.75) is 30.4 Å². The average molecular weight is 258 g/mol. The third kappa shape index (κ3) is 3.99. The first-order valence-electron chi connectivity index (χ1n) is 5.18. The van der Waals surface area contributed by atoms with E-state index in [9.17, 15) is 5.11 Å². The number of hydrogen-bond donors (Lipinski definition) is 3. The van der Waals surface area contributed by atoms with Crippen LogP contribution in [0.5, 0.6) is 0 Å². The second-order valence-corrected chi connectivity index (χ2v) is 5.19. The molecule has 0 fully saturated rings. The first kappa shape index (κ1) is 13.9. The molecule has 17 heavy (non-hydrogen) atoms. The van der Waals surface area contributed by atoms with Crippen molar-refractivity contribution in [2.75, 3.05) is 24.4 Å². The van der Waals surface area contributed by atoms with Gasteiger partial charge < -0.3 is 10.0 Å². The van der Waals surface area contributed by atoms with E-state index in [1.165, 1.54) is 11.8 Å². The van der Waals surface area contributed by atoms with Crippen LogP contribution in [0.4, 0.5) is 11.9 Å². The van der Waals surface area contributed by atoms with Crippen LogP contribution in [0.15, 0.2) is 5.16 Å². The fourth-order valence-electron chi connectivity index (χ4n) is 0.928. The molecule has 0 aliphatic carbocycles. The zero-order chi connectivity index (χ0) is 13.0. The Bertz CT molecular complexity index is 373. The maximum absolute atomic E-state index is 9.44. The average Bonchev–Trinajstić information content (AvgIpc) is 2.28. The van der Waals surface area contributed by atoms with E-state index in [2.05, 4.69) is 20.4 Å². The molecule has 0 spiro atoms. The van der Waals surface area contributed by atoms with Gasteiger partial charge in [-0.3, -0.25) is 5.43 Å². The predicted molar refractivity (Wildman–Crippen MR) is 69.0 cm³/mol. The Morgan fingerprint density at radius 3 is 2.41 bits per heavy atom. The zero-order valence-corrected chi connectivity index (χ0v) is 11.2. The molecule has 0 aliphatic heterocycles. The van der Waals surface area contributed by atoms with Gasteiger partial charge in [-0.05, 0) is 6.92 Å². The molecule has 0 radical (unpaired) electrons. The second kappa shape index (κ2) is 5.99. The molecule has 2 unspecified atom stereocenters. The smallest absolute Gasteiger partial charge is 0.242 e. The van der Waals surface area contributed by atoms with E-state index in [1.807, 2.05) is 21.0 Å². The van der Waals surface area contributed by atoms with Crippen molar-refractivity contribution in [3.05, 3.63) is 0 Å². The van der Waals surface area contributed by atoms with E-state index in [0.717, 1.165) is 0 Å². The molecule has 4 N–H and O–H groups in total. The summed E-state index contributed by atoms with van der Waals surface area (Å²) < 4.78 is 0. The number of thioether (sulfide) groups is 1. The van der Waals surface area contributed by atoms with E-state index in [0.29, 0.717) is 17.1 Å². The number of aliphatic hydroxyl groups is 1. The zero-order valence-electron chi connectivity index (χ0n) is 10.4. The van der Waals surface area contributed by atoms with Gasteiger partial charge in [-0.15, -0.1) is 0 Å². The van der Waals surface area contributed by atoms with Gasteiger partial charge in [-0.25, -0.2) is 5.84 Å². The van der Waals surface area contributed by atoms with Crippen molar-refractivity contribution < 1.29 is 5.11 Å². The van der Waals surface area contributed by atoms with Gasteiger partial charge in [0.25, 0.3) is 0 Å². The monoisotopic (exact) mass is 258 g/mol. The number of rotatable bonds is 5. The Morgan fingerprint density at radius 2 is 1.94 bits per heavy atom. The van der Waals surface area contributed by atoms with Gasteiger partial charge in [0.1, 0.15) is 0 Å². The predicted octanol–water partition coefficient (Wildman–Crippen LogP) is 0.0846. The van der Waals surface area contributed by atoms with Gasteiger partial charge in [0.05, 0.1) is 6.10 Å². The van der Waals surface area contributed by atoms with Crippen molar-refractivity contribution in [3.8, 4) is 0 Å². The largest absolute Gasteiger partial charge is 0.392 e. The van der Waals surface area contributed by atoms with Gasteiger partial charge in [-0.2, -0.15) is 15.0 Å². The summed E-state index contributed by atoms with van der Waals surface area (Å²) in [6, 6.07) is 0. The number of nitrogens with two attached hydrogens (primary N) is 1. The van der Waals surface area contributed by atoms with Gasteiger partial charge in [-0.1, -0.05) is 18.7 Å². The van der Waals surface area contributed by atoms with Gasteiger partial charge in [0.2, 0.25) is 11.9 Å². The van der Waals surface area contributed by atoms with Crippen LogP contribution in [0.25, 0.3) is 0 Å². The van der Waals surface area contributed by atoms with Crippen LogP contribution in [0.3, 0.4) is 0 Å². The van der Waals surface area contributed by atoms with Gasteiger partial charge in [0, 0.05) is 19.3 Å². The lowest BCUT2D eigenvalue weighted by Gasteiger charge is -2.15. The van der Waals surface area contributed by atoms with Crippen LogP contribution < -0.4 is 16.2 Å². The number of hydrazine groups is 1. The summed E-state index contributed by atoms with van der Waals surface area (Å²) >= 11 is 1.38. The summed E-state index contributed by atoms with van der Waals surface area (Å²) in [6.45, 7) is 3.64. The number of aromatic nitrogens is 3. The molecule has 0 aromatic carbocycles. The molecule has 1 aromatic heterocycles. The second-order valence-electron chi connectivity index (χ2n) is 3.84. The number of aliphatic hydroxyl groups excluding tert-OH is 1. The van der Waals surface area contributed by atoms with Crippen molar-refractivity contribution in [2.24, 2.45) is 5.84 Å². The molecule has 1 rings (SSSR count). The van der Waals surface area contributed by atoms with E-state index in [1.54, 1.807) is 11.8 Å². The van der Waals surface area contributed by atoms with Crippen LogP contribution in [-0.2, 0) is 0 Å². The Labute approximate surface area is 105 Å². The number of anilines is 2. The molecular formula is C9H18N6OS. The molecular weight excluding hydrogens is 240 g/mol. The normalized spacial score (nSPS) is 14.2. The molecule has 0 saturated heterocycles. The minimum absolute atomic E-state index is 0.00182. The highest BCUT2D eigenvalue weighted by atomic mass is 32.2. The lowest BCUT2D eigenvalue weighted by atomic mass is 10.3. The summed E-state index contributed by atoms with van der Waals surface area (Å²) in [5, 5.41) is 9.98. The Hall–Kier alpha value is -1.12. The minimum atomic E-state index is -0.436. The van der Waals surface area contributed by atoms with E-state index in [4.69, 9.17) is 5.84 Å². The lowest BCUT2D eigenvalue weighted by molar-refractivity contribution is 0.196. The van der Waals surface area contributed by atoms with Crippen LogP contribution in [0.2, 0.25) is 0 Å². The highest BCUT2D eigenvalue weighted by Gasteiger charge is 2.15. The van der Waals surface area contributed by atoms with Gasteiger partial charge in [0.15, 0.2) is 5.16 Å². The Kier molecular flexibility index (Phi) is 4.91. The number of hydrogen-bond acceptors (Lipinski definition) is 8. The molecule has 7 nitrogen and oxygen atoms in total.